The second-order valence-electron chi connectivity index (χ2n) is 5.17. The molecule has 3 nitrogen and oxygen atoms in total. The van der Waals surface area contributed by atoms with Crippen molar-refractivity contribution in [1.82, 2.24) is 5.32 Å². The van der Waals surface area contributed by atoms with E-state index in [1.54, 1.807) is 0 Å². The van der Waals surface area contributed by atoms with Gasteiger partial charge in [-0.2, -0.15) is 0 Å². The molecule has 16 heavy (non-hydrogen) atoms. The third kappa shape index (κ3) is 4.79. The van der Waals surface area contributed by atoms with Gasteiger partial charge in [0.05, 0.1) is 6.61 Å². The van der Waals surface area contributed by atoms with Crippen LogP contribution in [0, 0.1) is 5.41 Å². The molecule has 1 rings (SSSR count). The maximum absolute atomic E-state index is 11.0. The van der Waals surface area contributed by atoms with E-state index in [2.05, 4.69) is 19.2 Å². The van der Waals surface area contributed by atoms with Crippen LogP contribution in [-0.4, -0.2) is 25.2 Å². The second kappa shape index (κ2) is 6.04. The van der Waals surface area contributed by atoms with Crippen LogP contribution < -0.4 is 5.32 Å². The predicted molar refractivity (Wildman–Crippen MR) is 65.2 cm³/mol. The first-order chi connectivity index (χ1) is 7.53. The number of hydrogen-bond acceptors (Lipinski definition) is 3. The molecule has 0 aromatic rings. The Morgan fingerprint density at radius 1 is 1.56 bits per heavy atom. The Morgan fingerprint density at radius 2 is 2.31 bits per heavy atom. The molecule has 0 saturated heterocycles. The zero-order valence-electron chi connectivity index (χ0n) is 10.6. The molecule has 1 aliphatic rings. The van der Waals surface area contributed by atoms with Gasteiger partial charge in [-0.15, -0.1) is 0 Å². The molecule has 1 N–H and O–H groups in total. The van der Waals surface area contributed by atoms with Crippen LogP contribution in [0.4, 0.5) is 0 Å². The van der Waals surface area contributed by atoms with Gasteiger partial charge in [-0.1, -0.05) is 19.9 Å². The van der Waals surface area contributed by atoms with Crippen molar-refractivity contribution < 1.29 is 9.53 Å². The van der Waals surface area contributed by atoms with Crippen molar-refractivity contribution in [1.29, 1.82) is 0 Å². The Labute approximate surface area is 98.2 Å². The number of ether oxygens (including phenoxy) is 1. The van der Waals surface area contributed by atoms with E-state index in [0.717, 1.165) is 6.54 Å². The van der Waals surface area contributed by atoms with Crippen LogP contribution >= 0.6 is 0 Å². The van der Waals surface area contributed by atoms with Crippen molar-refractivity contribution >= 4 is 5.97 Å². The van der Waals surface area contributed by atoms with Gasteiger partial charge in [-0.05, 0) is 31.6 Å². The molecule has 0 aromatic heterocycles. The Balaban J connectivity index is 2.14. The predicted octanol–water partition coefficient (Wildman–Crippen LogP) is 2.27. The molecule has 0 spiro atoms. The zero-order valence-corrected chi connectivity index (χ0v) is 10.6. The molecule has 0 radical (unpaired) electrons. The molecular formula is C13H23NO2. The topological polar surface area (TPSA) is 38.3 Å². The van der Waals surface area contributed by atoms with E-state index in [1.807, 2.05) is 13.0 Å². The van der Waals surface area contributed by atoms with Crippen molar-refractivity contribution in [3.63, 3.8) is 0 Å². The first-order valence-electron chi connectivity index (χ1n) is 6.10. The molecule has 92 valence electrons. The average molecular weight is 225 g/mol. The minimum absolute atomic E-state index is 0.254. The van der Waals surface area contributed by atoms with Crippen LogP contribution in [0.1, 0.15) is 40.0 Å². The molecule has 0 aliphatic heterocycles. The van der Waals surface area contributed by atoms with Gasteiger partial charge in [0.1, 0.15) is 0 Å². The van der Waals surface area contributed by atoms with Crippen LogP contribution in [0.2, 0.25) is 0 Å². The summed E-state index contributed by atoms with van der Waals surface area (Å²) < 4.78 is 4.79. The highest BCUT2D eigenvalue weighted by Crippen LogP contribution is 2.36. The van der Waals surface area contributed by atoms with Crippen molar-refractivity contribution in [2.75, 3.05) is 13.2 Å². The molecule has 0 bridgehead atoms. The molecule has 1 atom stereocenters. The van der Waals surface area contributed by atoms with Gasteiger partial charge >= 0.3 is 5.97 Å². The quantitative estimate of drug-likeness (QED) is 0.576. The van der Waals surface area contributed by atoms with Crippen LogP contribution in [0.25, 0.3) is 0 Å². The highest BCUT2D eigenvalue weighted by atomic mass is 16.5. The van der Waals surface area contributed by atoms with Gasteiger partial charge in [0, 0.05) is 18.7 Å². The van der Waals surface area contributed by atoms with E-state index in [9.17, 15) is 4.79 Å². The molecule has 0 amide bonds. The van der Waals surface area contributed by atoms with Gasteiger partial charge in [-0.3, -0.25) is 0 Å². The fourth-order valence-corrected chi connectivity index (χ4v) is 2.19. The number of carbonyl (C=O) groups is 1. The van der Waals surface area contributed by atoms with E-state index in [-0.39, 0.29) is 5.97 Å². The highest BCUT2D eigenvalue weighted by molar-refractivity contribution is 5.81. The average Bonchev–Trinajstić information content (AvgIpc) is 2.54. The molecule has 3 heteroatoms. The lowest BCUT2D eigenvalue weighted by Gasteiger charge is -2.17. The van der Waals surface area contributed by atoms with E-state index < -0.39 is 0 Å². The van der Waals surface area contributed by atoms with E-state index >= 15 is 0 Å². The number of carbonyl (C=O) groups excluding carboxylic acids is 1. The summed E-state index contributed by atoms with van der Waals surface area (Å²) in [6.07, 6.45) is 7.08. The smallest absolute Gasteiger partial charge is 0.330 e. The van der Waals surface area contributed by atoms with Gasteiger partial charge < -0.3 is 10.1 Å². The van der Waals surface area contributed by atoms with Crippen LogP contribution in [-0.2, 0) is 9.53 Å². The molecule has 1 unspecified atom stereocenters. The SMILES string of the molecule is CCOC(=O)/C=C/CNC1CCC(C)(C)C1. The van der Waals surface area contributed by atoms with Gasteiger partial charge in [0.2, 0.25) is 0 Å². The molecule has 1 aliphatic carbocycles. The number of hydrogen-bond donors (Lipinski definition) is 1. The van der Waals surface area contributed by atoms with Crippen molar-refractivity contribution in [3.8, 4) is 0 Å². The summed E-state index contributed by atoms with van der Waals surface area (Å²) in [7, 11) is 0. The highest BCUT2D eigenvalue weighted by Gasteiger charge is 2.29. The van der Waals surface area contributed by atoms with Crippen LogP contribution in [0.15, 0.2) is 12.2 Å². The lowest BCUT2D eigenvalue weighted by Crippen LogP contribution is -2.27. The molecule has 0 aromatic carbocycles. The van der Waals surface area contributed by atoms with Gasteiger partial charge in [0.15, 0.2) is 0 Å². The van der Waals surface area contributed by atoms with E-state index in [0.29, 0.717) is 18.1 Å². The Kier molecular flexibility index (Phi) is 5.00. The molecule has 0 heterocycles. The number of esters is 1. The Bertz CT molecular complexity index is 259. The first-order valence-corrected chi connectivity index (χ1v) is 6.10. The summed E-state index contributed by atoms with van der Waals surface area (Å²) in [5, 5.41) is 3.44. The normalized spacial score (nSPS) is 23.8. The number of nitrogens with one attached hydrogen (secondary N) is 1. The zero-order chi connectivity index (χ0) is 12.0. The first kappa shape index (κ1) is 13.2. The maximum Gasteiger partial charge on any atom is 0.330 e. The summed E-state index contributed by atoms with van der Waals surface area (Å²) in [5.41, 5.74) is 0.475. The minimum Gasteiger partial charge on any atom is -0.463 e. The lowest BCUT2D eigenvalue weighted by molar-refractivity contribution is -0.137. The lowest BCUT2D eigenvalue weighted by atomic mass is 9.92. The van der Waals surface area contributed by atoms with Crippen molar-refractivity contribution in [2.24, 2.45) is 5.41 Å². The van der Waals surface area contributed by atoms with E-state index in [1.165, 1.54) is 25.3 Å². The minimum atomic E-state index is -0.254. The second-order valence-corrected chi connectivity index (χ2v) is 5.17. The summed E-state index contributed by atoms with van der Waals surface area (Å²) >= 11 is 0. The largest absolute Gasteiger partial charge is 0.463 e. The van der Waals surface area contributed by atoms with Crippen LogP contribution in [0.3, 0.4) is 0 Å². The third-order valence-corrected chi connectivity index (χ3v) is 3.03. The van der Waals surface area contributed by atoms with Gasteiger partial charge in [0.25, 0.3) is 0 Å². The molecular weight excluding hydrogens is 202 g/mol. The van der Waals surface area contributed by atoms with E-state index in [4.69, 9.17) is 4.74 Å². The molecule has 1 saturated carbocycles. The summed E-state index contributed by atoms with van der Waals surface area (Å²) in [6, 6.07) is 0.599. The fraction of sp³-hybridized carbons (Fsp3) is 0.769. The van der Waals surface area contributed by atoms with Crippen molar-refractivity contribution in [2.45, 2.75) is 46.1 Å². The maximum atomic E-state index is 11.0. The molecule has 1 fully saturated rings. The Morgan fingerprint density at radius 3 is 2.88 bits per heavy atom. The fourth-order valence-electron chi connectivity index (χ4n) is 2.19. The van der Waals surface area contributed by atoms with Crippen molar-refractivity contribution in [3.05, 3.63) is 12.2 Å². The summed E-state index contributed by atoms with van der Waals surface area (Å²) in [6.45, 7) is 7.61. The monoisotopic (exact) mass is 225 g/mol. The summed E-state index contributed by atoms with van der Waals surface area (Å²) in [5.74, 6) is -0.254. The van der Waals surface area contributed by atoms with Gasteiger partial charge in [-0.25, -0.2) is 4.79 Å². The standard InChI is InChI=1S/C13H23NO2/c1-4-16-12(15)6-5-9-14-11-7-8-13(2,3)10-11/h5-6,11,14H,4,7-10H2,1-3H3/b6-5+. The van der Waals surface area contributed by atoms with Crippen LogP contribution in [0.5, 0.6) is 0 Å². The summed E-state index contributed by atoms with van der Waals surface area (Å²) in [4.78, 5) is 11.0. The third-order valence-electron chi connectivity index (χ3n) is 3.03. The Hall–Kier alpha value is -0.830. The number of rotatable bonds is 5.